The van der Waals surface area contributed by atoms with E-state index in [0.717, 1.165) is 34.8 Å². The monoisotopic (exact) mass is 626 g/mol. The summed E-state index contributed by atoms with van der Waals surface area (Å²) < 4.78 is 0. The number of hydrogen-bond acceptors (Lipinski definition) is 7. The number of hydrogen-bond donors (Lipinski definition) is 4. The molecule has 4 atom stereocenters. The summed E-state index contributed by atoms with van der Waals surface area (Å²) in [6.07, 6.45) is 1.45. The van der Waals surface area contributed by atoms with Crippen molar-refractivity contribution in [2.45, 2.75) is 92.6 Å². The van der Waals surface area contributed by atoms with Crippen LogP contribution in [0.1, 0.15) is 101 Å². The van der Waals surface area contributed by atoms with Crippen molar-refractivity contribution < 1.29 is 34.8 Å². The Kier molecular flexibility index (Phi) is 8.04. The molecule has 244 valence electrons. The average Bonchev–Trinajstić information content (AvgIpc) is 2.94. The Morgan fingerprint density at radius 1 is 1.00 bits per heavy atom. The zero-order chi connectivity index (χ0) is 34.3. The minimum absolute atomic E-state index is 0.0254. The number of phenols is 1. The highest BCUT2D eigenvalue weighted by molar-refractivity contribution is 6.24. The first kappa shape index (κ1) is 33.4. The van der Waals surface area contributed by atoms with E-state index in [1.54, 1.807) is 20.8 Å². The number of ketones is 3. The maximum Gasteiger partial charge on any atom is 0.203 e. The van der Waals surface area contributed by atoms with Crippen molar-refractivity contribution in [1.29, 1.82) is 0 Å². The third-order valence-electron chi connectivity index (χ3n) is 10.9. The van der Waals surface area contributed by atoms with Gasteiger partial charge in [-0.25, -0.2) is 0 Å². The van der Waals surface area contributed by atoms with Crippen LogP contribution in [0.2, 0.25) is 0 Å². The second kappa shape index (κ2) is 11.1. The summed E-state index contributed by atoms with van der Waals surface area (Å²) in [6, 6.07) is 10.1. The van der Waals surface area contributed by atoms with Gasteiger partial charge in [0.2, 0.25) is 5.78 Å². The van der Waals surface area contributed by atoms with E-state index in [2.05, 4.69) is 6.58 Å². The molecule has 46 heavy (non-hydrogen) atoms. The normalized spacial score (nSPS) is 27.6. The Bertz CT molecular complexity index is 1750. The van der Waals surface area contributed by atoms with Crippen molar-refractivity contribution in [3.05, 3.63) is 87.2 Å². The summed E-state index contributed by atoms with van der Waals surface area (Å²) >= 11 is 0. The minimum atomic E-state index is -2.62. The number of aromatic hydroxyl groups is 1. The molecule has 2 aromatic carbocycles. The lowest BCUT2D eigenvalue weighted by Gasteiger charge is -2.60. The molecule has 1 fully saturated rings. The van der Waals surface area contributed by atoms with Gasteiger partial charge in [-0.2, -0.15) is 0 Å². The molecule has 0 bridgehead atoms. The zero-order valence-corrected chi connectivity index (χ0v) is 28.2. The molecule has 3 aliphatic carbocycles. The Labute approximate surface area is 271 Å². The molecule has 0 saturated heterocycles. The van der Waals surface area contributed by atoms with Crippen LogP contribution in [0.3, 0.4) is 0 Å². The minimum Gasteiger partial charge on any atom is -0.508 e. The number of Topliss-reactive ketones (excluding diaryl/α,β-unsaturated/α-hetero) is 3. The quantitative estimate of drug-likeness (QED) is 0.240. The zero-order valence-electron chi connectivity index (χ0n) is 28.2. The van der Waals surface area contributed by atoms with Crippen LogP contribution >= 0.6 is 0 Å². The predicted molar refractivity (Wildman–Crippen MR) is 178 cm³/mol. The smallest absolute Gasteiger partial charge is 0.203 e. The number of aliphatic hydroxyl groups excluding tert-OH is 2. The van der Waals surface area contributed by atoms with E-state index in [4.69, 9.17) is 0 Å². The van der Waals surface area contributed by atoms with Crippen LogP contribution in [0.4, 0.5) is 0 Å². The molecule has 3 aliphatic rings. The standard InChI is InChI=1S/C39H46O7/c1-19(2)24-13-10-23(11-14-24)12-15-25-16-26(20(3)4)27-17-37(8)18-38(9)30(21(5)6)33(42)28(22(7)40)35(44)39(38,46)36(45)31(37)34(43)29(27)32(25)41/h10-11,13-14,16,20-21,30,41,43-44,46H,1,12,15,17-18H2,2-9H3/t30?,37-,38-,39+/m1/s1. The van der Waals surface area contributed by atoms with E-state index < -0.39 is 56.8 Å². The molecule has 0 amide bonds. The van der Waals surface area contributed by atoms with Crippen molar-refractivity contribution >= 4 is 28.7 Å². The number of rotatable bonds is 7. The fourth-order valence-corrected chi connectivity index (χ4v) is 8.81. The highest BCUT2D eigenvalue weighted by Crippen LogP contribution is 2.65. The molecule has 4 N–H and O–H groups in total. The molecule has 1 unspecified atom stereocenters. The van der Waals surface area contributed by atoms with Crippen LogP contribution < -0.4 is 0 Å². The summed E-state index contributed by atoms with van der Waals surface area (Å²) in [6.45, 7) is 18.2. The lowest BCUT2D eigenvalue weighted by atomic mass is 9.43. The second-order valence-corrected chi connectivity index (χ2v) is 14.9. The van der Waals surface area contributed by atoms with E-state index in [1.807, 2.05) is 58.0 Å². The van der Waals surface area contributed by atoms with Crippen molar-refractivity contribution in [3.63, 3.8) is 0 Å². The first-order valence-electron chi connectivity index (χ1n) is 16.1. The van der Waals surface area contributed by atoms with E-state index in [0.29, 0.717) is 18.4 Å². The number of benzene rings is 2. The van der Waals surface area contributed by atoms with Gasteiger partial charge in [-0.3, -0.25) is 14.4 Å². The second-order valence-electron chi connectivity index (χ2n) is 14.9. The van der Waals surface area contributed by atoms with Crippen molar-refractivity contribution in [1.82, 2.24) is 0 Å². The Morgan fingerprint density at radius 3 is 2.13 bits per heavy atom. The Hall–Kier alpha value is -3.97. The van der Waals surface area contributed by atoms with Crippen molar-refractivity contribution in [2.75, 3.05) is 0 Å². The van der Waals surface area contributed by atoms with Gasteiger partial charge in [-0.15, -0.1) is 0 Å². The fraction of sp³-hybridized carbons (Fsp3) is 0.462. The highest BCUT2D eigenvalue weighted by atomic mass is 16.3. The molecular weight excluding hydrogens is 580 g/mol. The lowest BCUT2D eigenvalue weighted by Crippen LogP contribution is -2.69. The van der Waals surface area contributed by atoms with Gasteiger partial charge >= 0.3 is 0 Å². The van der Waals surface area contributed by atoms with Gasteiger partial charge in [-0.1, -0.05) is 84.0 Å². The first-order chi connectivity index (χ1) is 21.3. The van der Waals surface area contributed by atoms with Crippen LogP contribution in [0.15, 0.2) is 53.8 Å². The molecular formula is C39H46O7. The highest BCUT2D eigenvalue weighted by Gasteiger charge is 2.72. The van der Waals surface area contributed by atoms with Crippen LogP contribution in [0, 0.1) is 22.7 Å². The molecule has 2 aromatic rings. The van der Waals surface area contributed by atoms with Gasteiger partial charge < -0.3 is 20.4 Å². The van der Waals surface area contributed by atoms with E-state index in [9.17, 15) is 34.8 Å². The summed E-state index contributed by atoms with van der Waals surface area (Å²) in [7, 11) is 0. The number of carbonyl (C=O) groups is 3. The molecule has 0 aliphatic heterocycles. The van der Waals surface area contributed by atoms with E-state index >= 15 is 0 Å². The van der Waals surface area contributed by atoms with Crippen molar-refractivity contribution in [2.24, 2.45) is 22.7 Å². The molecule has 0 spiro atoms. The van der Waals surface area contributed by atoms with Gasteiger partial charge in [0.1, 0.15) is 22.8 Å². The van der Waals surface area contributed by atoms with Crippen LogP contribution in [0.25, 0.3) is 11.3 Å². The molecule has 0 radical (unpaired) electrons. The average molecular weight is 627 g/mol. The Balaban J connectivity index is 1.70. The lowest BCUT2D eigenvalue weighted by molar-refractivity contribution is -0.178. The molecule has 7 nitrogen and oxygen atoms in total. The van der Waals surface area contributed by atoms with Gasteiger partial charge in [0, 0.05) is 22.3 Å². The third kappa shape index (κ3) is 4.61. The predicted octanol–water partition coefficient (Wildman–Crippen LogP) is 7.13. The molecule has 5 rings (SSSR count). The fourth-order valence-electron chi connectivity index (χ4n) is 8.81. The third-order valence-corrected chi connectivity index (χ3v) is 10.9. The summed E-state index contributed by atoms with van der Waals surface area (Å²) in [5.74, 6) is -5.08. The largest absolute Gasteiger partial charge is 0.508 e. The van der Waals surface area contributed by atoms with E-state index in [1.165, 1.54) is 0 Å². The van der Waals surface area contributed by atoms with Gasteiger partial charge in [0.15, 0.2) is 17.2 Å². The van der Waals surface area contributed by atoms with Crippen LogP contribution in [0.5, 0.6) is 5.75 Å². The number of allylic oxidation sites excluding steroid dienone is 2. The molecule has 0 aromatic heterocycles. The first-order valence-corrected chi connectivity index (χ1v) is 16.1. The van der Waals surface area contributed by atoms with Crippen LogP contribution in [-0.4, -0.2) is 43.4 Å². The number of carbonyl (C=O) groups excluding carboxylic acids is 3. The SMILES string of the molecule is C=C(C)c1ccc(CCc2cc(C(C)C)c3c(c2O)C(O)=C2C(=O)[C@@]4(O)C(O)=C(C(C)=O)C(=O)C(C(C)C)[C@@]4(C)C[C@@]2(C)C3)cc1. The Morgan fingerprint density at radius 2 is 1.61 bits per heavy atom. The summed E-state index contributed by atoms with van der Waals surface area (Å²) in [5, 5.41) is 47.4. The maximum atomic E-state index is 14.6. The summed E-state index contributed by atoms with van der Waals surface area (Å²) in [5.41, 5.74) is -0.286. The van der Waals surface area contributed by atoms with Gasteiger partial charge in [0.05, 0.1) is 5.56 Å². The molecule has 7 heteroatoms. The number of fused-ring (bicyclic) bond motifs is 3. The van der Waals surface area contributed by atoms with Crippen molar-refractivity contribution in [3.8, 4) is 5.75 Å². The molecule has 1 saturated carbocycles. The number of aliphatic hydroxyl groups is 3. The molecule has 0 heterocycles. The van der Waals surface area contributed by atoms with Gasteiger partial charge in [-0.05, 0) is 79.2 Å². The number of phenolic OH excluding ortho intramolecular Hbond substituents is 1. The maximum absolute atomic E-state index is 14.6. The van der Waals surface area contributed by atoms with Gasteiger partial charge in [0.25, 0.3) is 0 Å². The number of aryl methyl sites for hydroxylation is 2. The topological polar surface area (TPSA) is 132 Å². The summed E-state index contributed by atoms with van der Waals surface area (Å²) in [4.78, 5) is 41.0. The van der Waals surface area contributed by atoms with E-state index in [-0.39, 0.29) is 41.6 Å². The van der Waals surface area contributed by atoms with Crippen LogP contribution in [-0.2, 0) is 33.6 Å².